The van der Waals surface area contributed by atoms with E-state index in [2.05, 4.69) is 16.0 Å². The maximum absolute atomic E-state index is 13.3. The topological polar surface area (TPSA) is 140 Å². The number of hydrogen-bond donors (Lipinski definition) is 3. The Bertz CT molecular complexity index is 1640. The molecule has 0 heterocycles. The summed E-state index contributed by atoms with van der Waals surface area (Å²) in [5, 5.41) is 18.9. The van der Waals surface area contributed by atoms with Crippen LogP contribution in [-0.2, 0) is 9.59 Å². The number of anilines is 2. The summed E-state index contributed by atoms with van der Waals surface area (Å²) in [6, 6.07) is 28.1. The molecule has 0 saturated carbocycles. The first-order valence-corrected chi connectivity index (χ1v) is 14.5. The molecule has 0 fully saturated rings. The van der Waals surface area contributed by atoms with Crippen LogP contribution in [0.25, 0.3) is 6.08 Å². The Morgan fingerprint density at radius 1 is 0.864 bits per heavy atom. The van der Waals surface area contributed by atoms with Gasteiger partial charge in [-0.25, -0.2) is 0 Å². The second kappa shape index (κ2) is 15.2. The normalized spacial score (nSPS) is 11.6. The van der Waals surface area contributed by atoms with Gasteiger partial charge in [0.05, 0.1) is 16.8 Å². The predicted octanol–water partition coefficient (Wildman–Crippen LogP) is 6.52. The molecule has 0 aliphatic heterocycles. The van der Waals surface area contributed by atoms with Gasteiger partial charge >= 0.3 is 0 Å². The van der Waals surface area contributed by atoms with Crippen molar-refractivity contribution in [2.24, 2.45) is 0 Å². The fourth-order valence-corrected chi connectivity index (χ4v) is 4.79. The van der Waals surface area contributed by atoms with Crippen LogP contribution in [0.1, 0.15) is 29.8 Å². The van der Waals surface area contributed by atoms with E-state index in [-0.39, 0.29) is 17.3 Å². The molecule has 0 radical (unpaired) electrons. The van der Waals surface area contributed by atoms with Gasteiger partial charge in [0.1, 0.15) is 11.4 Å². The summed E-state index contributed by atoms with van der Waals surface area (Å²) in [6.07, 6.45) is 1.44. The molecule has 44 heavy (non-hydrogen) atoms. The molecule has 3 amide bonds. The Labute approximate surface area is 258 Å². The minimum Gasteiger partial charge on any atom is -0.494 e. The second-order valence-corrected chi connectivity index (χ2v) is 10.8. The lowest BCUT2D eigenvalue weighted by Gasteiger charge is -2.14. The number of rotatable bonds is 12. The molecule has 224 valence electrons. The van der Waals surface area contributed by atoms with Gasteiger partial charge in [0.25, 0.3) is 17.5 Å². The SMILES string of the molecule is CCOc1ccc(NC(=O)C(C)Sc2ccc(NC(=O)/C(=C/c3ccc([N+](=O)[O-])cc3)NC(=O)c3ccccc3)cc2)cc1. The van der Waals surface area contributed by atoms with Gasteiger partial charge in [0.2, 0.25) is 5.91 Å². The molecule has 3 N–H and O–H groups in total. The fourth-order valence-electron chi connectivity index (χ4n) is 3.92. The molecule has 11 heteroatoms. The van der Waals surface area contributed by atoms with Crippen molar-refractivity contribution in [2.75, 3.05) is 17.2 Å². The number of nitro groups is 1. The van der Waals surface area contributed by atoms with Crippen LogP contribution in [0, 0.1) is 10.1 Å². The minimum atomic E-state index is -0.587. The van der Waals surface area contributed by atoms with E-state index in [0.717, 1.165) is 10.6 Å². The van der Waals surface area contributed by atoms with Crippen LogP contribution in [0.15, 0.2) is 114 Å². The van der Waals surface area contributed by atoms with Crippen molar-refractivity contribution in [1.29, 1.82) is 0 Å². The third-order valence-electron chi connectivity index (χ3n) is 6.17. The zero-order valence-electron chi connectivity index (χ0n) is 24.0. The summed E-state index contributed by atoms with van der Waals surface area (Å²) >= 11 is 1.36. The van der Waals surface area contributed by atoms with E-state index in [4.69, 9.17) is 4.74 Å². The van der Waals surface area contributed by atoms with Crippen molar-refractivity contribution >= 4 is 52.6 Å². The van der Waals surface area contributed by atoms with Crippen molar-refractivity contribution in [3.05, 3.63) is 130 Å². The highest BCUT2D eigenvalue weighted by Gasteiger charge is 2.17. The smallest absolute Gasteiger partial charge is 0.272 e. The van der Waals surface area contributed by atoms with E-state index in [1.54, 1.807) is 85.8 Å². The Morgan fingerprint density at radius 2 is 1.48 bits per heavy atom. The van der Waals surface area contributed by atoms with E-state index in [1.807, 2.05) is 6.92 Å². The Balaban J connectivity index is 1.42. The summed E-state index contributed by atoms with van der Waals surface area (Å²) < 4.78 is 5.43. The lowest BCUT2D eigenvalue weighted by Crippen LogP contribution is -2.30. The number of carbonyl (C=O) groups excluding carboxylic acids is 3. The predicted molar refractivity (Wildman–Crippen MR) is 172 cm³/mol. The van der Waals surface area contributed by atoms with Crippen molar-refractivity contribution in [3.8, 4) is 5.75 Å². The van der Waals surface area contributed by atoms with Gasteiger partial charge in [-0.15, -0.1) is 11.8 Å². The monoisotopic (exact) mass is 610 g/mol. The van der Waals surface area contributed by atoms with Gasteiger partial charge in [0, 0.05) is 34.0 Å². The van der Waals surface area contributed by atoms with Gasteiger partial charge in [-0.1, -0.05) is 18.2 Å². The highest BCUT2D eigenvalue weighted by atomic mass is 32.2. The van der Waals surface area contributed by atoms with Crippen LogP contribution in [0.5, 0.6) is 5.75 Å². The van der Waals surface area contributed by atoms with E-state index >= 15 is 0 Å². The number of nitrogens with zero attached hydrogens (tertiary/aromatic N) is 1. The molecule has 0 aliphatic rings. The highest BCUT2D eigenvalue weighted by Crippen LogP contribution is 2.26. The van der Waals surface area contributed by atoms with Crippen molar-refractivity contribution in [2.45, 2.75) is 24.0 Å². The fraction of sp³-hybridized carbons (Fsp3) is 0.121. The number of amides is 3. The summed E-state index contributed by atoms with van der Waals surface area (Å²) in [5.74, 6) is -0.506. The quantitative estimate of drug-likeness (QED) is 0.0718. The third kappa shape index (κ3) is 9.04. The highest BCUT2D eigenvalue weighted by molar-refractivity contribution is 8.00. The maximum Gasteiger partial charge on any atom is 0.272 e. The molecule has 0 saturated heterocycles. The number of thioether (sulfide) groups is 1. The van der Waals surface area contributed by atoms with E-state index in [0.29, 0.717) is 29.1 Å². The van der Waals surface area contributed by atoms with Crippen LogP contribution in [0.3, 0.4) is 0 Å². The molecule has 0 aliphatic carbocycles. The number of nitrogens with one attached hydrogen (secondary N) is 3. The lowest BCUT2D eigenvalue weighted by molar-refractivity contribution is -0.384. The lowest BCUT2D eigenvalue weighted by atomic mass is 10.1. The second-order valence-electron chi connectivity index (χ2n) is 9.41. The summed E-state index contributed by atoms with van der Waals surface area (Å²) in [5.41, 5.74) is 1.83. The molecule has 4 aromatic rings. The molecule has 10 nitrogen and oxygen atoms in total. The van der Waals surface area contributed by atoms with Crippen LogP contribution >= 0.6 is 11.8 Å². The van der Waals surface area contributed by atoms with Crippen LogP contribution in [0.2, 0.25) is 0 Å². The van der Waals surface area contributed by atoms with Gasteiger partial charge in [-0.05, 0) is 98.3 Å². The molecule has 4 rings (SSSR count). The summed E-state index contributed by atoms with van der Waals surface area (Å²) in [4.78, 5) is 50.1. The first-order chi connectivity index (χ1) is 21.2. The number of carbonyl (C=O) groups is 3. The first-order valence-electron chi connectivity index (χ1n) is 13.7. The summed E-state index contributed by atoms with van der Waals surface area (Å²) in [6.45, 7) is 4.27. The van der Waals surface area contributed by atoms with Crippen LogP contribution in [0.4, 0.5) is 17.1 Å². The average Bonchev–Trinajstić information content (AvgIpc) is 3.03. The number of non-ortho nitro benzene ring substituents is 1. The van der Waals surface area contributed by atoms with Gasteiger partial charge in [-0.3, -0.25) is 24.5 Å². The zero-order chi connectivity index (χ0) is 31.5. The Morgan fingerprint density at radius 3 is 2.09 bits per heavy atom. The Kier molecular flexibility index (Phi) is 10.9. The number of hydrogen-bond acceptors (Lipinski definition) is 7. The summed E-state index contributed by atoms with van der Waals surface area (Å²) in [7, 11) is 0. The molecule has 1 unspecified atom stereocenters. The van der Waals surface area contributed by atoms with Gasteiger partial charge in [0.15, 0.2) is 0 Å². The van der Waals surface area contributed by atoms with Gasteiger partial charge in [-0.2, -0.15) is 0 Å². The molecule has 0 bridgehead atoms. The number of benzene rings is 4. The minimum absolute atomic E-state index is 0.0502. The molecule has 4 aromatic carbocycles. The zero-order valence-corrected chi connectivity index (χ0v) is 24.8. The first kappa shape index (κ1) is 31.5. The molecule has 1 atom stereocenters. The van der Waals surface area contributed by atoms with Crippen molar-refractivity contribution < 1.29 is 24.0 Å². The van der Waals surface area contributed by atoms with Crippen LogP contribution in [-0.4, -0.2) is 34.5 Å². The van der Waals surface area contributed by atoms with Gasteiger partial charge < -0.3 is 20.7 Å². The average molecular weight is 611 g/mol. The van der Waals surface area contributed by atoms with E-state index in [9.17, 15) is 24.5 Å². The number of nitro benzene ring substituents is 1. The van der Waals surface area contributed by atoms with Crippen molar-refractivity contribution in [3.63, 3.8) is 0 Å². The molecule has 0 aromatic heterocycles. The van der Waals surface area contributed by atoms with E-state index in [1.165, 1.54) is 42.1 Å². The maximum atomic E-state index is 13.3. The van der Waals surface area contributed by atoms with Crippen molar-refractivity contribution in [1.82, 2.24) is 5.32 Å². The Hall–Kier alpha value is -5.42. The van der Waals surface area contributed by atoms with Crippen LogP contribution < -0.4 is 20.7 Å². The third-order valence-corrected chi connectivity index (χ3v) is 7.28. The van der Waals surface area contributed by atoms with E-state index < -0.39 is 22.0 Å². The molecular weight excluding hydrogens is 580 g/mol. The standard InChI is InChI=1S/C33H30N4O6S/c1-3-43-28-17-11-25(12-18-28)34-31(38)22(2)44-29-19-13-26(14-20-29)35-33(40)30(36-32(39)24-7-5-4-6-8-24)21-23-9-15-27(16-10-23)37(41)42/h4-22H,3H2,1-2H3,(H,34,38)(H,35,40)(H,36,39)/b30-21-. The molecule has 0 spiro atoms. The largest absolute Gasteiger partial charge is 0.494 e. The molecular formula is C33H30N4O6S. The number of ether oxygens (including phenoxy) is 1.